The predicted molar refractivity (Wildman–Crippen MR) is 72.6 cm³/mol. The Hall–Kier alpha value is -1.74. The normalized spacial score (nSPS) is 28.5. The van der Waals surface area contributed by atoms with Crippen LogP contribution in [0, 0.1) is 23.2 Å². The van der Waals surface area contributed by atoms with E-state index in [2.05, 4.69) is 4.90 Å². The van der Waals surface area contributed by atoms with Gasteiger partial charge in [0.2, 0.25) is 0 Å². The van der Waals surface area contributed by atoms with Gasteiger partial charge in [0, 0.05) is 24.8 Å². The van der Waals surface area contributed by atoms with Gasteiger partial charge in [0.15, 0.2) is 0 Å². The summed E-state index contributed by atoms with van der Waals surface area (Å²) in [4.78, 5) is 2.05. The Balaban J connectivity index is 1.86. The van der Waals surface area contributed by atoms with E-state index in [1.807, 2.05) is 0 Å². The van der Waals surface area contributed by atoms with E-state index in [1.54, 1.807) is 6.07 Å². The molecule has 1 aliphatic carbocycles. The number of nitrogens with two attached hydrogens (primary N) is 1. The third kappa shape index (κ3) is 2.46. The molecule has 1 aromatic rings. The Morgan fingerprint density at radius 2 is 2.00 bits per heavy atom. The van der Waals surface area contributed by atoms with Crippen LogP contribution in [0.25, 0.3) is 0 Å². The Morgan fingerprint density at radius 1 is 1.24 bits per heavy atom. The standard InChI is InChI=1S/C15H16F3N3/c16-15(17,18)13-3-2-11(5-10(13)6-19)21-7-9-1-4-14(20)12(9)8-21/h2-3,5,9,12,14H,1,4,7-8,20H2. The Kier molecular flexibility index (Phi) is 3.33. The van der Waals surface area contributed by atoms with Gasteiger partial charge in [-0.3, -0.25) is 0 Å². The minimum absolute atomic E-state index is 0.185. The largest absolute Gasteiger partial charge is 0.417 e. The fourth-order valence-electron chi connectivity index (χ4n) is 3.59. The first-order valence-corrected chi connectivity index (χ1v) is 7.02. The molecule has 6 heteroatoms. The first-order valence-electron chi connectivity index (χ1n) is 7.02. The number of rotatable bonds is 1. The lowest BCUT2D eigenvalue weighted by Gasteiger charge is -2.22. The van der Waals surface area contributed by atoms with Gasteiger partial charge >= 0.3 is 6.18 Å². The summed E-state index contributed by atoms with van der Waals surface area (Å²) in [7, 11) is 0. The van der Waals surface area contributed by atoms with Crippen LogP contribution >= 0.6 is 0 Å². The SMILES string of the molecule is N#Cc1cc(N2CC3CCC(N)C3C2)ccc1C(F)(F)F. The summed E-state index contributed by atoms with van der Waals surface area (Å²) in [6, 6.07) is 5.64. The minimum atomic E-state index is -4.49. The zero-order valence-corrected chi connectivity index (χ0v) is 11.4. The summed E-state index contributed by atoms with van der Waals surface area (Å²) in [5, 5.41) is 8.96. The molecule has 1 aromatic carbocycles. The number of fused-ring (bicyclic) bond motifs is 1. The molecule has 3 rings (SSSR count). The van der Waals surface area contributed by atoms with Crippen LogP contribution in [0.1, 0.15) is 24.0 Å². The molecule has 3 atom stereocenters. The molecule has 1 saturated carbocycles. The average Bonchev–Trinajstić information content (AvgIpc) is 3.00. The van der Waals surface area contributed by atoms with E-state index < -0.39 is 11.7 Å². The van der Waals surface area contributed by atoms with Gasteiger partial charge in [0.25, 0.3) is 0 Å². The van der Waals surface area contributed by atoms with Gasteiger partial charge < -0.3 is 10.6 Å². The zero-order chi connectivity index (χ0) is 15.2. The van der Waals surface area contributed by atoms with Gasteiger partial charge in [-0.1, -0.05) is 0 Å². The van der Waals surface area contributed by atoms with Crippen LogP contribution in [-0.2, 0) is 6.18 Å². The van der Waals surface area contributed by atoms with Crippen molar-refractivity contribution in [3.05, 3.63) is 29.3 Å². The lowest BCUT2D eigenvalue weighted by atomic mass is 9.98. The molecule has 0 bridgehead atoms. The fraction of sp³-hybridized carbons (Fsp3) is 0.533. The molecule has 112 valence electrons. The highest BCUT2D eigenvalue weighted by Crippen LogP contribution is 2.40. The number of hydrogen-bond acceptors (Lipinski definition) is 3. The van der Waals surface area contributed by atoms with Crippen LogP contribution in [0.3, 0.4) is 0 Å². The van der Waals surface area contributed by atoms with E-state index in [1.165, 1.54) is 12.1 Å². The molecule has 1 heterocycles. The number of halogens is 3. The molecule has 3 unspecified atom stereocenters. The molecular formula is C15H16F3N3. The summed E-state index contributed by atoms with van der Waals surface area (Å²) in [6.07, 6.45) is -2.39. The maximum Gasteiger partial charge on any atom is 0.417 e. The topological polar surface area (TPSA) is 53.0 Å². The maximum absolute atomic E-state index is 12.8. The van der Waals surface area contributed by atoms with Gasteiger partial charge in [0.05, 0.1) is 17.2 Å². The monoisotopic (exact) mass is 295 g/mol. The van der Waals surface area contributed by atoms with Crippen molar-refractivity contribution in [1.82, 2.24) is 0 Å². The number of hydrogen-bond donors (Lipinski definition) is 1. The van der Waals surface area contributed by atoms with Crippen molar-refractivity contribution in [1.29, 1.82) is 5.26 Å². The molecule has 1 saturated heterocycles. The van der Waals surface area contributed by atoms with Crippen molar-refractivity contribution in [2.24, 2.45) is 17.6 Å². The molecule has 2 aliphatic rings. The molecule has 2 N–H and O–H groups in total. The van der Waals surface area contributed by atoms with Gasteiger partial charge in [-0.15, -0.1) is 0 Å². The summed E-state index contributed by atoms with van der Waals surface area (Å²) in [5.41, 5.74) is 5.56. The first kappa shape index (κ1) is 14.2. The molecular weight excluding hydrogens is 279 g/mol. The van der Waals surface area contributed by atoms with E-state index in [9.17, 15) is 13.2 Å². The van der Waals surface area contributed by atoms with Crippen molar-refractivity contribution in [3.63, 3.8) is 0 Å². The van der Waals surface area contributed by atoms with Crippen molar-refractivity contribution in [2.75, 3.05) is 18.0 Å². The fourth-order valence-corrected chi connectivity index (χ4v) is 3.59. The van der Waals surface area contributed by atoms with Crippen molar-refractivity contribution in [2.45, 2.75) is 25.1 Å². The summed E-state index contributed by atoms with van der Waals surface area (Å²) in [5.74, 6) is 0.936. The maximum atomic E-state index is 12.8. The minimum Gasteiger partial charge on any atom is -0.371 e. The molecule has 0 radical (unpaired) electrons. The van der Waals surface area contributed by atoms with Crippen LogP contribution in [0.4, 0.5) is 18.9 Å². The van der Waals surface area contributed by atoms with Crippen LogP contribution in [0.2, 0.25) is 0 Å². The second-order valence-corrected chi connectivity index (χ2v) is 5.91. The van der Waals surface area contributed by atoms with Gasteiger partial charge in [-0.25, -0.2) is 0 Å². The van der Waals surface area contributed by atoms with Crippen LogP contribution < -0.4 is 10.6 Å². The highest BCUT2D eigenvalue weighted by Gasteiger charge is 2.41. The quantitative estimate of drug-likeness (QED) is 0.866. The highest BCUT2D eigenvalue weighted by molar-refractivity contribution is 5.56. The molecule has 0 spiro atoms. The van der Waals surface area contributed by atoms with E-state index in [0.29, 0.717) is 17.5 Å². The molecule has 1 aliphatic heterocycles. The van der Waals surface area contributed by atoms with Crippen LogP contribution in [-0.4, -0.2) is 19.1 Å². The number of nitriles is 1. The average molecular weight is 295 g/mol. The molecule has 2 fully saturated rings. The van der Waals surface area contributed by atoms with Gasteiger partial charge in [-0.2, -0.15) is 18.4 Å². The predicted octanol–water partition coefficient (Wildman–Crippen LogP) is 2.75. The van der Waals surface area contributed by atoms with E-state index in [4.69, 9.17) is 11.0 Å². The molecule has 3 nitrogen and oxygen atoms in total. The third-order valence-electron chi connectivity index (χ3n) is 4.71. The van der Waals surface area contributed by atoms with Crippen molar-refractivity contribution >= 4 is 5.69 Å². The Morgan fingerprint density at radius 3 is 2.62 bits per heavy atom. The second-order valence-electron chi connectivity index (χ2n) is 5.91. The number of alkyl halides is 3. The Labute approximate surface area is 121 Å². The molecule has 21 heavy (non-hydrogen) atoms. The van der Waals surface area contributed by atoms with Crippen molar-refractivity contribution < 1.29 is 13.2 Å². The number of benzene rings is 1. The zero-order valence-electron chi connectivity index (χ0n) is 11.4. The lowest BCUT2D eigenvalue weighted by molar-refractivity contribution is -0.137. The third-order valence-corrected chi connectivity index (χ3v) is 4.71. The summed E-state index contributed by atoms with van der Waals surface area (Å²) < 4.78 is 38.4. The lowest BCUT2D eigenvalue weighted by Crippen LogP contribution is -2.30. The second kappa shape index (κ2) is 4.92. The molecule has 0 aromatic heterocycles. The van der Waals surface area contributed by atoms with Crippen molar-refractivity contribution in [3.8, 4) is 6.07 Å². The first-order chi connectivity index (χ1) is 9.90. The van der Waals surface area contributed by atoms with E-state index in [0.717, 1.165) is 32.0 Å². The number of nitrogens with zero attached hydrogens (tertiary/aromatic N) is 2. The summed E-state index contributed by atoms with van der Waals surface area (Å²) >= 11 is 0. The molecule has 0 amide bonds. The van der Waals surface area contributed by atoms with E-state index in [-0.39, 0.29) is 11.6 Å². The van der Waals surface area contributed by atoms with Gasteiger partial charge in [-0.05, 0) is 42.9 Å². The smallest absolute Gasteiger partial charge is 0.371 e. The van der Waals surface area contributed by atoms with E-state index >= 15 is 0 Å². The van der Waals surface area contributed by atoms with Crippen LogP contribution in [0.5, 0.6) is 0 Å². The summed E-state index contributed by atoms with van der Waals surface area (Å²) in [6.45, 7) is 1.58. The highest BCUT2D eigenvalue weighted by atomic mass is 19.4. The van der Waals surface area contributed by atoms with Crippen LogP contribution in [0.15, 0.2) is 18.2 Å². The number of anilines is 1. The van der Waals surface area contributed by atoms with Gasteiger partial charge in [0.1, 0.15) is 0 Å². The Bertz CT molecular complexity index is 591.